The highest BCUT2D eigenvalue weighted by molar-refractivity contribution is 6.38. The van der Waals surface area contributed by atoms with Gasteiger partial charge >= 0.3 is 0 Å². The highest BCUT2D eigenvalue weighted by Gasteiger charge is 2.15. The van der Waals surface area contributed by atoms with Crippen molar-refractivity contribution in [3.8, 4) is 0 Å². The van der Waals surface area contributed by atoms with Crippen LogP contribution in [0.25, 0.3) is 0 Å². The van der Waals surface area contributed by atoms with Crippen LogP contribution in [0.2, 0.25) is 0 Å². The zero-order chi connectivity index (χ0) is 7.44. The summed E-state index contributed by atoms with van der Waals surface area (Å²) in [5.74, 6) is -1.34. The van der Waals surface area contributed by atoms with Crippen molar-refractivity contribution < 1.29 is 14.7 Å². The number of hydrogen-bond acceptors (Lipinski definition) is 4. The molecule has 4 heteroatoms. The second-order valence-electron chi connectivity index (χ2n) is 1.71. The molecule has 0 amide bonds. The molecular formula is C5H9NO3. The van der Waals surface area contributed by atoms with Crippen LogP contribution in [-0.2, 0) is 9.59 Å². The van der Waals surface area contributed by atoms with Crippen molar-refractivity contribution in [2.75, 3.05) is 6.61 Å². The Balaban J connectivity index is 3.88. The summed E-state index contributed by atoms with van der Waals surface area (Å²) < 4.78 is 0. The zero-order valence-corrected chi connectivity index (χ0v) is 5.13. The molecule has 0 aromatic heterocycles. The molecule has 52 valence electrons. The summed E-state index contributed by atoms with van der Waals surface area (Å²) in [5, 5.41) is 8.26. The fraction of sp³-hybridized carbons (Fsp3) is 0.600. The molecular weight excluding hydrogens is 122 g/mol. The van der Waals surface area contributed by atoms with E-state index in [4.69, 9.17) is 10.8 Å². The fourth-order valence-electron chi connectivity index (χ4n) is 0.344. The van der Waals surface area contributed by atoms with Gasteiger partial charge in [0.2, 0.25) is 5.78 Å². The van der Waals surface area contributed by atoms with Gasteiger partial charge in [-0.15, -0.1) is 0 Å². The van der Waals surface area contributed by atoms with Crippen LogP contribution in [0.4, 0.5) is 0 Å². The lowest BCUT2D eigenvalue weighted by Gasteiger charge is -2.00. The number of Topliss-reactive ketones (excluding diaryl/α,β-unsaturated/α-hetero) is 2. The second-order valence-corrected chi connectivity index (χ2v) is 1.71. The average Bonchev–Trinajstić information content (AvgIpc) is 1.84. The molecule has 3 N–H and O–H groups in total. The van der Waals surface area contributed by atoms with Gasteiger partial charge in [-0.1, -0.05) is 0 Å². The van der Waals surface area contributed by atoms with Gasteiger partial charge in [-0.2, -0.15) is 0 Å². The Morgan fingerprint density at radius 1 is 1.67 bits per heavy atom. The molecule has 0 radical (unpaired) electrons. The average molecular weight is 131 g/mol. The minimum absolute atomic E-state index is 0.474. The van der Waals surface area contributed by atoms with Crippen molar-refractivity contribution in [1.29, 1.82) is 0 Å². The Bertz CT molecular complexity index is 132. The fourth-order valence-corrected chi connectivity index (χ4v) is 0.344. The standard InChI is InChI=1S/C5H9NO3/c1-3(8)5(9)4(6)2-7/h4,7H,2,6H2,1H3/t4-/m0/s1. The predicted molar refractivity (Wildman–Crippen MR) is 30.7 cm³/mol. The van der Waals surface area contributed by atoms with Crippen LogP contribution >= 0.6 is 0 Å². The van der Waals surface area contributed by atoms with Crippen LogP contribution in [0.3, 0.4) is 0 Å². The van der Waals surface area contributed by atoms with Gasteiger partial charge in [0.05, 0.1) is 12.6 Å². The molecule has 0 spiro atoms. The summed E-state index contributed by atoms with van der Waals surface area (Å²) in [7, 11) is 0. The molecule has 9 heavy (non-hydrogen) atoms. The summed E-state index contributed by atoms with van der Waals surface area (Å²) in [6, 6.07) is -1.04. The highest BCUT2D eigenvalue weighted by atomic mass is 16.3. The third-order valence-electron chi connectivity index (χ3n) is 0.880. The maximum atomic E-state index is 10.4. The van der Waals surface area contributed by atoms with Gasteiger partial charge in [0, 0.05) is 6.92 Å². The number of hydrogen-bond donors (Lipinski definition) is 2. The Kier molecular flexibility index (Phi) is 3.05. The third-order valence-corrected chi connectivity index (χ3v) is 0.880. The number of carbonyl (C=O) groups is 2. The lowest BCUT2D eigenvalue weighted by atomic mass is 10.1. The molecule has 0 unspecified atom stereocenters. The van der Waals surface area contributed by atoms with E-state index < -0.39 is 24.2 Å². The SMILES string of the molecule is CC(=O)C(=O)[C@@H](N)CO. The minimum Gasteiger partial charge on any atom is -0.394 e. The van der Waals surface area contributed by atoms with E-state index in [9.17, 15) is 9.59 Å². The number of ketones is 2. The van der Waals surface area contributed by atoms with Gasteiger partial charge < -0.3 is 10.8 Å². The number of aliphatic hydroxyl groups excluding tert-OH is 1. The molecule has 0 rings (SSSR count). The van der Waals surface area contributed by atoms with Crippen LogP contribution < -0.4 is 5.73 Å². The van der Waals surface area contributed by atoms with Crippen molar-refractivity contribution in [2.24, 2.45) is 5.73 Å². The maximum absolute atomic E-state index is 10.4. The zero-order valence-electron chi connectivity index (χ0n) is 5.13. The normalized spacial score (nSPS) is 12.8. The molecule has 0 fully saturated rings. The van der Waals surface area contributed by atoms with E-state index in [1.807, 2.05) is 0 Å². The molecule has 0 aliphatic heterocycles. The summed E-state index contributed by atoms with van der Waals surface area (Å²) in [4.78, 5) is 20.6. The summed E-state index contributed by atoms with van der Waals surface area (Å²) >= 11 is 0. The highest BCUT2D eigenvalue weighted by Crippen LogP contribution is 1.81. The van der Waals surface area contributed by atoms with E-state index in [2.05, 4.69) is 0 Å². The smallest absolute Gasteiger partial charge is 0.217 e. The molecule has 0 aromatic carbocycles. The predicted octanol–water partition coefficient (Wildman–Crippen LogP) is -1.54. The topological polar surface area (TPSA) is 80.4 Å². The largest absolute Gasteiger partial charge is 0.394 e. The van der Waals surface area contributed by atoms with E-state index in [1.165, 1.54) is 0 Å². The Morgan fingerprint density at radius 2 is 2.11 bits per heavy atom. The van der Waals surface area contributed by atoms with E-state index in [-0.39, 0.29) is 0 Å². The van der Waals surface area contributed by atoms with E-state index in [1.54, 1.807) is 0 Å². The lowest BCUT2D eigenvalue weighted by Crippen LogP contribution is -2.37. The molecule has 0 bridgehead atoms. The van der Waals surface area contributed by atoms with Gasteiger partial charge in [-0.3, -0.25) is 9.59 Å². The third kappa shape index (κ3) is 2.34. The Hall–Kier alpha value is -0.740. The van der Waals surface area contributed by atoms with Crippen LogP contribution in [0, 0.1) is 0 Å². The van der Waals surface area contributed by atoms with Crippen molar-refractivity contribution in [2.45, 2.75) is 13.0 Å². The first-order valence-electron chi connectivity index (χ1n) is 2.50. The van der Waals surface area contributed by atoms with Crippen LogP contribution in [-0.4, -0.2) is 29.3 Å². The quantitative estimate of drug-likeness (QED) is 0.455. The first-order valence-corrected chi connectivity index (χ1v) is 2.50. The van der Waals surface area contributed by atoms with Gasteiger partial charge in [-0.05, 0) is 0 Å². The summed E-state index contributed by atoms with van der Waals surface area (Å²) in [5.41, 5.74) is 5.00. The van der Waals surface area contributed by atoms with Crippen molar-refractivity contribution >= 4 is 11.6 Å². The molecule has 1 atom stereocenters. The molecule has 0 saturated carbocycles. The summed E-state index contributed by atoms with van der Waals surface area (Å²) in [6.45, 7) is 0.649. The Labute approximate surface area is 52.7 Å². The Morgan fingerprint density at radius 3 is 2.22 bits per heavy atom. The van der Waals surface area contributed by atoms with E-state index in [0.717, 1.165) is 6.92 Å². The number of aliphatic hydroxyl groups is 1. The van der Waals surface area contributed by atoms with Crippen LogP contribution in [0.1, 0.15) is 6.92 Å². The maximum Gasteiger partial charge on any atom is 0.217 e. The second kappa shape index (κ2) is 3.32. The minimum atomic E-state index is -1.04. The van der Waals surface area contributed by atoms with Crippen molar-refractivity contribution in [1.82, 2.24) is 0 Å². The van der Waals surface area contributed by atoms with Crippen molar-refractivity contribution in [3.63, 3.8) is 0 Å². The molecule has 0 aromatic rings. The molecule has 0 aliphatic rings. The van der Waals surface area contributed by atoms with Gasteiger partial charge in [0.1, 0.15) is 0 Å². The van der Waals surface area contributed by atoms with Crippen LogP contribution in [0.5, 0.6) is 0 Å². The molecule has 0 heterocycles. The van der Waals surface area contributed by atoms with Gasteiger partial charge in [-0.25, -0.2) is 0 Å². The monoisotopic (exact) mass is 131 g/mol. The van der Waals surface area contributed by atoms with Gasteiger partial charge in [0.15, 0.2) is 5.78 Å². The molecule has 0 saturated heterocycles. The van der Waals surface area contributed by atoms with Crippen LogP contribution in [0.15, 0.2) is 0 Å². The van der Waals surface area contributed by atoms with Gasteiger partial charge in [0.25, 0.3) is 0 Å². The number of rotatable bonds is 3. The molecule has 0 aliphatic carbocycles. The summed E-state index contributed by atoms with van der Waals surface area (Å²) in [6.07, 6.45) is 0. The number of carbonyl (C=O) groups excluding carboxylic acids is 2. The van der Waals surface area contributed by atoms with Crippen molar-refractivity contribution in [3.05, 3.63) is 0 Å². The number of nitrogens with two attached hydrogens (primary N) is 1. The van der Waals surface area contributed by atoms with E-state index in [0.29, 0.717) is 0 Å². The molecule has 4 nitrogen and oxygen atoms in total. The first-order chi connectivity index (χ1) is 4.09. The first kappa shape index (κ1) is 8.26. The van der Waals surface area contributed by atoms with E-state index >= 15 is 0 Å². The lowest BCUT2D eigenvalue weighted by molar-refractivity contribution is -0.136.